The van der Waals surface area contributed by atoms with E-state index in [0.717, 1.165) is 34.1 Å². The van der Waals surface area contributed by atoms with Crippen LogP contribution in [0.1, 0.15) is 31.4 Å². The maximum Gasteiger partial charge on any atom is 0.311 e. The number of rotatable bonds is 4. The van der Waals surface area contributed by atoms with Gasteiger partial charge in [0.2, 0.25) is 5.75 Å². The van der Waals surface area contributed by atoms with Gasteiger partial charge in [0.15, 0.2) is 0 Å². The van der Waals surface area contributed by atoms with Gasteiger partial charge in [0.1, 0.15) is 11.5 Å². The second kappa shape index (κ2) is 7.16. The smallest absolute Gasteiger partial charge is 0.311 e. The highest BCUT2D eigenvalue weighted by Gasteiger charge is 2.41. The lowest BCUT2D eigenvalue weighted by Crippen LogP contribution is -2.44. The Morgan fingerprint density at radius 1 is 1.10 bits per heavy atom. The Kier molecular flexibility index (Phi) is 4.43. The van der Waals surface area contributed by atoms with Crippen molar-refractivity contribution in [1.82, 2.24) is 0 Å². The topological polar surface area (TPSA) is 70.8 Å². The molecule has 31 heavy (non-hydrogen) atoms. The summed E-state index contributed by atoms with van der Waals surface area (Å²) in [6.45, 7) is 4.23. The van der Waals surface area contributed by atoms with Gasteiger partial charge >= 0.3 is 5.69 Å². The first kappa shape index (κ1) is 19.2. The third-order valence-electron chi connectivity index (χ3n) is 5.59. The first-order chi connectivity index (χ1) is 15.0. The highest BCUT2D eigenvalue weighted by Crippen LogP contribution is 2.46. The molecule has 0 fully saturated rings. The van der Waals surface area contributed by atoms with Crippen LogP contribution in [0.4, 0.5) is 5.69 Å². The van der Waals surface area contributed by atoms with Gasteiger partial charge in [0, 0.05) is 34.9 Å². The zero-order chi connectivity index (χ0) is 21.6. The van der Waals surface area contributed by atoms with Gasteiger partial charge in [0.05, 0.1) is 11.5 Å². The third-order valence-corrected chi connectivity index (χ3v) is 5.59. The number of nitrogens with zero attached hydrogens (tertiary/aromatic N) is 1. The molecule has 5 rings (SSSR count). The molecule has 2 heterocycles. The maximum atomic E-state index is 11.5. The number of nitro groups is 1. The molecule has 2 aliphatic rings. The normalized spacial score (nSPS) is 18.6. The minimum Gasteiger partial charge on any atom is -0.487 e. The van der Waals surface area contributed by atoms with E-state index in [9.17, 15) is 10.1 Å². The van der Waals surface area contributed by atoms with Gasteiger partial charge < -0.3 is 14.2 Å². The van der Waals surface area contributed by atoms with Crippen LogP contribution >= 0.6 is 0 Å². The molecule has 156 valence electrons. The van der Waals surface area contributed by atoms with Crippen LogP contribution in [0, 0.1) is 10.1 Å². The summed E-state index contributed by atoms with van der Waals surface area (Å²) >= 11 is 0. The SMILES string of the molecule is CCCOc1cc2c(cc1[N+](=O)[O-])C=C(C)C1(C=Cc3c(ccc4ccccc34)O1)O2. The summed E-state index contributed by atoms with van der Waals surface area (Å²) in [5.74, 6) is 0.290. The van der Waals surface area contributed by atoms with E-state index < -0.39 is 10.7 Å². The molecule has 2 aliphatic heterocycles. The van der Waals surface area contributed by atoms with Crippen molar-refractivity contribution in [2.75, 3.05) is 6.61 Å². The van der Waals surface area contributed by atoms with Crippen LogP contribution in [-0.4, -0.2) is 17.3 Å². The van der Waals surface area contributed by atoms with Crippen molar-refractivity contribution in [3.63, 3.8) is 0 Å². The van der Waals surface area contributed by atoms with Crippen molar-refractivity contribution >= 4 is 28.6 Å². The number of nitro benzene ring substituents is 1. The molecule has 0 N–H and O–H groups in total. The highest BCUT2D eigenvalue weighted by molar-refractivity contribution is 5.94. The molecule has 1 spiro atoms. The second-order valence-corrected chi connectivity index (χ2v) is 7.69. The molecule has 1 atom stereocenters. The Morgan fingerprint density at radius 2 is 1.90 bits per heavy atom. The lowest BCUT2D eigenvalue weighted by Gasteiger charge is -2.38. The average molecular weight is 415 g/mol. The fraction of sp³-hybridized carbons (Fsp3) is 0.200. The van der Waals surface area contributed by atoms with E-state index in [1.54, 1.807) is 6.07 Å². The van der Waals surface area contributed by atoms with Gasteiger partial charge in [-0.1, -0.05) is 37.3 Å². The first-order valence-corrected chi connectivity index (χ1v) is 10.2. The second-order valence-electron chi connectivity index (χ2n) is 7.69. The van der Waals surface area contributed by atoms with Crippen molar-refractivity contribution < 1.29 is 19.1 Å². The summed E-state index contributed by atoms with van der Waals surface area (Å²) in [6.07, 6.45) is 6.52. The summed E-state index contributed by atoms with van der Waals surface area (Å²) in [4.78, 5) is 11.1. The highest BCUT2D eigenvalue weighted by atomic mass is 16.7. The number of hydrogen-bond acceptors (Lipinski definition) is 5. The molecule has 3 aromatic rings. The monoisotopic (exact) mass is 415 g/mol. The standard InChI is InChI=1S/C25H21NO5/c1-3-12-29-24-15-23-18(14-21(24)26(27)28)13-16(2)25(31-23)11-10-20-19-7-5-4-6-17(19)8-9-22(20)30-25/h4-11,13-15H,3,12H2,1-2H3. The van der Waals surface area contributed by atoms with Gasteiger partial charge in [-0.25, -0.2) is 0 Å². The molecule has 0 saturated heterocycles. The molecule has 0 radical (unpaired) electrons. The van der Waals surface area contributed by atoms with Crippen LogP contribution < -0.4 is 14.2 Å². The van der Waals surface area contributed by atoms with Crippen LogP contribution in [0.15, 0.2) is 60.2 Å². The van der Waals surface area contributed by atoms with E-state index in [-0.39, 0.29) is 11.4 Å². The van der Waals surface area contributed by atoms with Gasteiger partial charge in [-0.2, -0.15) is 0 Å². The summed E-state index contributed by atoms with van der Waals surface area (Å²) < 4.78 is 18.3. The van der Waals surface area contributed by atoms with E-state index in [4.69, 9.17) is 14.2 Å². The predicted octanol–water partition coefficient (Wildman–Crippen LogP) is 6.13. The summed E-state index contributed by atoms with van der Waals surface area (Å²) in [7, 11) is 0. The van der Waals surface area contributed by atoms with E-state index in [1.807, 2.05) is 56.3 Å². The Morgan fingerprint density at radius 3 is 2.71 bits per heavy atom. The average Bonchev–Trinajstić information content (AvgIpc) is 2.77. The lowest BCUT2D eigenvalue weighted by molar-refractivity contribution is -0.385. The molecule has 0 aromatic heterocycles. The van der Waals surface area contributed by atoms with Crippen molar-refractivity contribution in [2.45, 2.75) is 26.1 Å². The minimum absolute atomic E-state index is 0.0762. The van der Waals surface area contributed by atoms with Crippen LogP contribution in [0.3, 0.4) is 0 Å². The van der Waals surface area contributed by atoms with Gasteiger partial charge in [-0.05, 0) is 42.3 Å². The van der Waals surface area contributed by atoms with Crippen molar-refractivity contribution in [3.05, 3.63) is 81.4 Å². The predicted molar refractivity (Wildman–Crippen MR) is 120 cm³/mol. The molecule has 0 amide bonds. The van der Waals surface area contributed by atoms with Crippen LogP contribution in [-0.2, 0) is 0 Å². The third kappa shape index (κ3) is 3.11. The summed E-state index contributed by atoms with van der Waals surface area (Å²) in [5, 5.41) is 13.8. The van der Waals surface area contributed by atoms with Crippen molar-refractivity contribution in [1.29, 1.82) is 0 Å². The van der Waals surface area contributed by atoms with E-state index in [0.29, 0.717) is 17.9 Å². The Labute approximate surface area is 179 Å². The number of fused-ring (bicyclic) bond motifs is 4. The van der Waals surface area contributed by atoms with Gasteiger partial charge in [0.25, 0.3) is 5.79 Å². The number of ether oxygens (including phenoxy) is 3. The van der Waals surface area contributed by atoms with Crippen LogP contribution in [0.25, 0.3) is 22.9 Å². The zero-order valence-corrected chi connectivity index (χ0v) is 17.3. The fourth-order valence-corrected chi connectivity index (χ4v) is 4.01. The molecule has 1 unspecified atom stereocenters. The minimum atomic E-state index is -1.11. The number of hydrogen-bond donors (Lipinski definition) is 0. The first-order valence-electron chi connectivity index (χ1n) is 10.2. The van der Waals surface area contributed by atoms with Crippen molar-refractivity contribution in [2.24, 2.45) is 0 Å². The Hall–Kier alpha value is -3.80. The molecule has 6 heteroatoms. The van der Waals surface area contributed by atoms with E-state index in [1.165, 1.54) is 6.07 Å². The quantitative estimate of drug-likeness (QED) is 0.378. The van der Waals surface area contributed by atoms with E-state index in [2.05, 4.69) is 12.1 Å². The molecule has 6 nitrogen and oxygen atoms in total. The molecular weight excluding hydrogens is 394 g/mol. The Balaban J connectivity index is 1.57. The van der Waals surface area contributed by atoms with Crippen LogP contribution in [0.5, 0.6) is 17.2 Å². The van der Waals surface area contributed by atoms with Crippen molar-refractivity contribution in [3.8, 4) is 17.2 Å². The zero-order valence-electron chi connectivity index (χ0n) is 17.3. The molecular formula is C25H21NO5. The van der Waals surface area contributed by atoms with Gasteiger partial charge in [-0.15, -0.1) is 0 Å². The van der Waals surface area contributed by atoms with Crippen LogP contribution in [0.2, 0.25) is 0 Å². The lowest BCUT2D eigenvalue weighted by atomic mass is 9.94. The molecule has 0 saturated carbocycles. The maximum absolute atomic E-state index is 11.5. The molecule has 0 bridgehead atoms. The summed E-state index contributed by atoms with van der Waals surface area (Å²) in [6, 6.07) is 15.2. The fourth-order valence-electron chi connectivity index (χ4n) is 4.01. The number of benzene rings is 3. The molecule has 3 aromatic carbocycles. The Bertz CT molecular complexity index is 1280. The largest absolute Gasteiger partial charge is 0.487 e. The van der Waals surface area contributed by atoms with E-state index >= 15 is 0 Å². The molecule has 0 aliphatic carbocycles. The van der Waals surface area contributed by atoms with Gasteiger partial charge in [-0.3, -0.25) is 10.1 Å². The summed E-state index contributed by atoms with van der Waals surface area (Å²) in [5.41, 5.74) is 2.35.